The van der Waals surface area contributed by atoms with Gasteiger partial charge < -0.3 is 10.0 Å². The number of likely N-dealkylation sites (tertiary alicyclic amines) is 1. The van der Waals surface area contributed by atoms with Gasteiger partial charge in [-0.15, -0.1) is 0 Å². The van der Waals surface area contributed by atoms with Crippen molar-refractivity contribution in [1.82, 2.24) is 4.90 Å². The molecular weight excluding hydrogens is 268 g/mol. The van der Waals surface area contributed by atoms with E-state index < -0.39 is 11.9 Å². The molecule has 21 heavy (non-hydrogen) atoms. The first-order valence-corrected chi connectivity index (χ1v) is 7.47. The average Bonchev–Trinajstić information content (AvgIpc) is 2.82. The number of piperidine rings is 1. The molecule has 1 N–H and O–H groups in total. The van der Waals surface area contributed by atoms with Crippen molar-refractivity contribution < 1.29 is 14.7 Å². The van der Waals surface area contributed by atoms with Crippen molar-refractivity contribution in [3.8, 4) is 0 Å². The number of hydrogen-bond donors (Lipinski definition) is 1. The summed E-state index contributed by atoms with van der Waals surface area (Å²) in [6.45, 7) is 3.00. The second-order valence-corrected chi connectivity index (χ2v) is 5.96. The number of para-hydroxylation sites is 1. The third-order valence-corrected chi connectivity index (χ3v) is 4.45. The first-order valence-electron chi connectivity index (χ1n) is 7.47. The second kappa shape index (κ2) is 5.39. The van der Waals surface area contributed by atoms with Gasteiger partial charge in [-0.2, -0.15) is 0 Å². The lowest BCUT2D eigenvalue weighted by Crippen LogP contribution is -2.50. The summed E-state index contributed by atoms with van der Waals surface area (Å²) in [5.74, 6) is -1.24. The summed E-state index contributed by atoms with van der Waals surface area (Å²) in [7, 11) is 0. The van der Waals surface area contributed by atoms with E-state index in [2.05, 4.69) is 6.07 Å². The van der Waals surface area contributed by atoms with Gasteiger partial charge >= 0.3 is 12.0 Å². The van der Waals surface area contributed by atoms with Gasteiger partial charge in [0.15, 0.2) is 0 Å². The van der Waals surface area contributed by atoms with Crippen molar-refractivity contribution >= 4 is 17.7 Å². The van der Waals surface area contributed by atoms with Gasteiger partial charge in [-0.1, -0.05) is 18.2 Å². The molecule has 0 aromatic heterocycles. The molecule has 2 amide bonds. The van der Waals surface area contributed by atoms with Crippen LogP contribution in [0.1, 0.15) is 25.3 Å². The molecule has 1 saturated heterocycles. The van der Waals surface area contributed by atoms with E-state index in [1.165, 1.54) is 5.56 Å². The number of carboxylic acid groups (broad SMARTS) is 1. The van der Waals surface area contributed by atoms with E-state index in [0.717, 1.165) is 18.5 Å². The minimum absolute atomic E-state index is 0.0570. The van der Waals surface area contributed by atoms with Gasteiger partial charge in [0.2, 0.25) is 0 Å². The molecule has 5 nitrogen and oxygen atoms in total. The molecule has 0 radical (unpaired) electrons. The summed E-state index contributed by atoms with van der Waals surface area (Å²) >= 11 is 0. The minimum Gasteiger partial charge on any atom is -0.481 e. The number of benzene rings is 1. The van der Waals surface area contributed by atoms with Crippen LogP contribution >= 0.6 is 0 Å². The Hall–Kier alpha value is -2.04. The summed E-state index contributed by atoms with van der Waals surface area (Å²) < 4.78 is 0. The highest BCUT2D eigenvalue weighted by Crippen LogP contribution is 2.33. The SMILES string of the molecule is CC1Cc2ccccc2N1C(=O)N1CCCC(C(=O)O)C1. The number of carbonyl (C=O) groups excluding carboxylic acids is 1. The Morgan fingerprint density at radius 3 is 2.81 bits per heavy atom. The topological polar surface area (TPSA) is 60.9 Å². The van der Waals surface area contributed by atoms with Gasteiger partial charge in [-0.05, 0) is 37.8 Å². The zero-order chi connectivity index (χ0) is 15.0. The molecule has 0 aliphatic carbocycles. The molecule has 5 heteroatoms. The fraction of sp³-hybridized carbons (Fsp3) is 0.500. The highest BCUT2D eigenvalue weighted by Gasteiger charge is 2.36. The number of anilines is 1. The Balaban J connectivity index is 1.80. The van der Waals surface area contributed by atoms with Crippen LogP contribution in [0.5, 0.6) is 0 Å². The number of rotatable bonds is 1. The zero-order valence-corrected chi connectivity index (χ0v) is 12.2. The largest absolute Gasteiger partial charge is 0.481 e. The normalized spacial score (nSPS) is 24.8. The van der Waals surface area contributed by atoms with Crippen LogP contribution in [0.2, 0.25) is 0 Å². The monoisotopic (exact) mass is 288 g/mol. The van der Waals surface area contributed by atoms with Crippen molar-refractivity contribution in [2.45, 2.75) is 32.2 Å². The van der Waals surface area contributed by atoms with Crippen LogP contribution in [-0.4, -0.2) is 41.1 Å². The Labute approximate surface area is 124 Å². The number of carboxylic acids is 1. The molecule has 2 unspecified atom stereocenters. The maximum Gasteiger partial charge on any atom is 0.324 e. The van der Waals surface area contributed by atoms with E-state index in [1.807, 2.05) is 30.0 Å². The summed E-state index contributed by atoms with van der Waals surface area (Å²) in [5.41, 5.74) is 2.15. The number of urea groups is 1. The van der Waals surface area contributed by atoms with Crippen LogP contribution < -0.4 is 4.90 Å². The molecule has 0 bridgehead atoms. The fourth-order valence-corrected chi connectivity index (χ4v) is 3.36. The number of hydrogen-bond acceptors (Lipinski definition) is 2. The fourth-order valence-electron chi connectivity index (χ4n) is 3.36. The second-order valence-electron chi connectivity index (χ2n) is 5.96. The molecule has 3 rings (SSSR count). The summed E-state index contributed by atoms with van der Waals surface area (Å²) in [5, 5.41) is 9.16. The van der Waals surface area contributed by atoms with E-state index >= 15 is 0 Å². The number of nitrogens with zero attached hydrogens (tertiary/aromatic N) is 2. The molecule has 2 aliphatic rings. The van der Waals surface area contributed by atoms with Crippen LogP contribution in [-0.2, 0) is 11.2 Å². The van der Waals surface area contributed by atoms with Gasteiger partial charge in [0.1, 0.15) is 0 Å². The van der Waals surface area contributed by atoms with Crippen LogP contribution in [0.15, 0.2) is 24.3 Å². The van der Waals surface area contributed by atoms with Gasteiger partial charge in [0.05, 0.1) is 5.92 Å². The van der Waals surface area contributed by atoms with Crippen LogP contribution in [0, 0.1) is 5.92 Å². The van der Waals surface area contributed by atoms with Gasteiger partial charge in [0.25, 0.3) is 0 Å². The van der Waals surface area contributed by atoms with Crippen LogP contribution in [0.4, 0.5) is 10.5 Å². The Bertz CT molecular complexity index is 572. The van der Waals surface area contributed by atoms with Crippen molar-refractivity contribution in [3.63, 3.8) is 0 Å². The molecule has 1 aromatic carbocycles. The summed E-state index contributed by atoms with van der Waals surface area (Å²) in [4.78, 5) is 27.5. The first kappa shape index (κ1) is 13.9. The Morgan fingerprint density at radius 2 is 2.05 bits per heavy atom. The predicted molar refractivity (Wildman–Crippen MR) is 79.4 cm³/mol. The number of carbonyl (C=O) groups is 2. The molecule has 2 heterocycles. The van der Waals surface area contributed by atoms with E-state index in [-0.39, 0.29) is 12.1 Å². The molecular formula is C16H20N2O3. The van der Waals surface area contributed by atoms with Crippen LogP contribution in [0.25, 0.3) is 0 Å². The lowest BCUT2D eigenvalue weighted by Gasteiger charge is -2.35. The third kappa shape index (κ3) is 2.48. The van der Waals surface area contributed by atoms with E-state index in [0.29, 0.717) is 19.5 Å². The van der Waals surface area contributed by atoms with Crippen molar-refractivity contribution in [1.29, 1.82) is 0 Å². The standard InChI is InChI=1S/C16H20N2O3/c1-11-9-12-5-2-3-7-14(12)18(11)16(21)17-8-4-6-13(10-17)15(19)20/h2-3,5,7,11,13H,4,6,8-10H2,1H3,(H,19,20). The summed E-state index contributed by atoms with van der Waals surface area (Å²) in [6.07, 6.45) is 2.27. The van der Waals surface area contributed by atoms with Crippen molar-refractivity contribution in [3.05, 3.63) is 29.8 Å². The van der Waals surface area contributed by atoms with Crippen molar-refractivity contribution in [2.24, 2.45) is 5.92 Å². The molecule has 0 spiro atoms. The van der Waals surface area contributed by atoms with Gasteiger partial charge in [-0.25, -0.2) is 4.79 Å². The molecule has 1 aromatic rings. The molecule has 1 fully saturated rings. The Kier molecular flexibility index (Phi) is 3.57. The van der Waals surface area contributed by atoms with Crippen molar-refractivity contribution in [2.75, 3.05) is 18.0 Å². The zero-order valence-electron chi connectivity index (χ0n) is 12.2. The van der Waals surface area contributed by atoms with Crippen LogP contribution in [0.3, 0.4) is 0 Å². The first-order chi connectivity index (χ1) is 10.1. The lowest BCUT2D eigenvalue weighted by molar-refractivity contribution is -0.143. The number of fused-ring (bicyclic) bond motifs is 1. The number of aliphatic carboxylic acids is 1. The predicted octanol–water partition coefficient (Wildman–Crippen LogP) is 2.35. The summed E-state index contributed by atoms with van der Waals surface area (Å²) in [6, 6.07) is 8.01. The van der Waals surface area contributed by atoms with E-state index in [9.17, 15) is 9.59 Å². The molecule has 112 valence electrons. The van der Waals surface area contributed by atoms with Gasteiger partial charge in [0, 0.05) is 24.8 Å². The third-order valence-electron chi connectivity index (χ3n) is 4.45. The quantitative estimate of drug-likeness (QED) is 0.863. The number of amides is 2. The maximum absolute atomic E-state index is 12.8. The Morgan fingerprint density at radius 1 is 1.29 bits per heavy atom. The van der Waals surface area contributed by atoms with E-state index in [4.69, 9.17) is 5.11 Å². The molecule has 2 aliphatic heterocycles. The molecule has 0 saturated carbocycles. The van der Waals surface area contributed by atoms with E-state index in [1.54, 1.807) is 4.90 Å². The van der Waals surface area contributed by atoms with Gasteiger partial charge in [-0.3, -0.25) is 9.69 Å². The molecule has 2 atom stereocenters. The smallest absolute Gasteiger partial charge is 0.324 e. The lowest BCUT2D eigenvalue weighted by atomic mass is 9.98. The highest BCUT2D eigenvalue weighted by atomic mass is 16.4. The minimum atomic E-state index is -0.803. The maximum atomic E-state index is 12.8. The average molecular weight is 288 g/mol. The highest BCUT2D eigenvalue weighted by molar-refractivity contribution is 5.95.